The Morgan fingerprint density at radius 2 is 1.77 bits per heavy atom. The standard InChI is InChI=1S/C23H21FN2O3S/c1-3-23(18-8-10-19(29-2)11-9-18)30(27,28)26-22-6-4-5-21(24)20(22)12-7-17-13-15-25-16-14-17/h3-16,23,26H,1H2,2H3. The zero-order chi connectivity index (χ0) is 21.6. The number of hydrogen-bond acceptors (Lipinski definition) is 4. The van der Waals surface area contributed by atoms with Gasteiger partial charge in [-0.25, -0.2) is 12.8 Å². The monoisotopic (exact) mass is 424 g/mol. The molecule has 1 atom stereocenters. The Kier molecular flexibility index (Phi) is 6.64. The topological polar surface area (TPSA) is 68.3 Å². The van der Waals surface area contributed by atoms with E-state index in [0.717, 1.165) is 5.56 Å². The molecule has 3 rings (SSSR count). The molecule has 154 valence electrons. The predicted molar refractivity (Wildman–Crippen MR) is 118 cm³/mol. The van der Waals surface area contributed by atoms with Gasteiger partial charge in [0.05, 0.1) is 12.8 Å². The van der Waals surface area contributed by atoms with Crippen molar-refractivity contribution >= 4 is 27.9 Å². The van der Waals surface area contributed by atoms with Gasteiger partial charge in [0.2, 0.25) is 10.0 Å². The van der Waals surface area contributed by atoms with E-state index in [1.54, 1.807) is 54.9 Å². The predicted octanol–water partition coefficient (Wildman–Crippen LogP) is 5.07. The van der Waals surface area contributed by atoms with Crippen LogP contribution in [0.4, 0.5) is 10.1 Å². The molecular weight excluding hydrogens is 403 g/mol. The summed E-state index contributed by atoms with van der Waals surface area (Å²) in [6.45, 7) is 3.66. The first-order valence-corrected chi connectivity index (χ1v) is 10.6. The Morgan fingerprint density at radius 3 is 2.40 bits per heavy atom. The summed E-state index contributed by atoms with van der Waals surface area (Å²) >= 11 is 0. The third-order valence-corrected chi connectivity index (χ3v) is 6.08. The van der Waals surface area contributed by atoms with Gasteiger partial charge in [-0.3, -0.25) is 9.71 Å². The number of pyridine rings is 1. The molecule has 1 unspecified atom stereocenters. The second-order valence-corrected chi connectivity index (χ2v) is 8.19. The Balaban J connectivity index is 1.93. The molecule has 0 aliphatic heterocycles. The lowest BCUT2D eigenvalue weighted by atomic mass is 10.1. The van der Waals surface area contributed by atoms with Crippen LogP contribution in [0.25, 0.3) is 12.2 Å². The SMILES string of the molecule is C=CC(c1ccc(OC)cc1)S(=O)(=O)Nc1cccc(F)c1C=Cc1ccncc1. The normalized spacial score (nSPS) is 12.5. The highest BCUT2D eigenvalue weighted by atomic mass is 32.2. The molecule has 1 heterocycles. The molecule has 0 fully saturated rings. The lowest BCUT2D eigenvalue weighted by Crippen LogP contribution is -2.20. The van der Waals surface area contributed by atoms with Gasteiger partial charge in [-0.05, 0) is 53.6 Å². The van der Waals surface area contributed by atoms with E-state index in [4.69, 9.17) is 4.74 Å². The van der Waals surface area contributed by atoms with Gasteiger partial charge in [0.1, 0.15) is 16.8 Å². The summed E-state index contributed by atoms with van der Waals surface area (Å²) in [5.41, 5.74) is 1.60. The third kappa shape index (κ3) is 4.93. The number of nitrogens with zero attached hydrogens (tertiary/aromatic N) is 1. The second-order valence-electron chi connectivity index (χ2n) is 6.39. The van der Waals surface area contributed by atoms with Crippen molar-refractivity contribution in [2.75, 3.05) is 11.8 Å². The smallest absolute Gasteiger partial charge is 0.243 e. The highest BCUT2D eigenvalue weighted by molar-refractivity contribution is 7.93. The summed E-state index contributed by atoms with van der Waals surface area (Å²) in [6.07, 6.45) is 7.78. The highest BCUT2D eigenvalue weighted by Crippen LogP contribution is 2.30. The van der Waals surface area contributed by atoms with Crippen molar-refractivity contribution in [3.8, 4) is 5.75 Å². The number of sulfonamides is 1. The highest BCUT2D eigenvalue weighted by Gasteiger charge is 2.25. The fourth-order valence-corrected chi connectivity index (χ4v) is 4.28. The minimum absolute atomic E-state index is 0.135. The molecule has 30 heavy (non-hydrogen) atoms. The van der Waals surface area contributed by atoms with Crippen LogP contribution in [0.5, 0.6) is 5.75 Å². The Hall–Kier alpha value is -3.45. The molecule has 0 radical (unpaired) electrons. The number of rotatable bonds is 8. The Labute approximate surface area is 175 Å². The van der Waals surface area contributed by atoms with Crippen LogP contribution in [0.1, 0.15) is 21.9 Å². The maximum Gasteiger partial charge on any atom is 0.243 e. The zero-order valence-corrected chi connectivity index (χ0v) is 17.1. The van der Waals surface area contributed by atoms with Gasteiger partial charge in [-0.2, -0.15) is 0 Å². The van der Waals surface area contributed by atoms with E-state index in [1.165, 1.54) is 37.5 Å². The number of aromatic nitrogens is 1. The van der Waals surface area contributed by atoms with Crippen LogP contribution in [0.3, 0.4) is 0 Å². The summed E-state index contributed by atoms with van der Waals surface area (Å²) in [6, 6.07) is 14.4. The quantitative estimate of drug-likeness (QED) is 0.513. The van der Waals surface area contributed by atoms with Crippen molar-refractivity contribution in [2.24, 2.45) is 0 Å². The molecule has 1 N–H and O–H groups in total. The van der Waals surface area contributed by atoms with Gasteiger partial charge in [0, 0.05) is 18.0 Å². The molecular formula is C23H21FN2O3S. The van der Waals surface area contributed by atoms with E-state index < -0.39 is 21.1 Å². The van der Waals surface area contributed by atoms with E-state index in [9.17, 15) is 12.8 Å². The number of nitrogens with one attached hydrogen (secondary N) is 1. The largest absolute Gasteiger partial charge is 0.497 e. The minimum atomic E-state index is -3.94. The average Bonchev–Trinajstić information content (AvgIpc) is 2.74. The van der Waals surface area contributed by atoms with Gasteiger partial charge in [0.25, 0.3) is 0 Å². The fraction of sp³-hybridized carbons (Fsp3) is 0.0870. The van der Waals surface area contributed by atoms with Crippen molar-refractivity contribution < 1.29 is 17.5 Å². The summed E-state index contributed by atoms with van der Waals surface area (Å²) in [5.74, 6) is 0.0701. The molecule has 0 bridgehead atoms. The van der Waals surface area contributed by atoms with Gasteiger partial charge in [0.15, 0.2) is 0 Å². The molecule has 0 saturated heterocycles. The number of halogens is 1. The van der Waals surface area contributed by atoms with Crippen molar-refractivity contribution in [3.63, 3.8) is 0 Å². The number of hydrogen-bond donors (Lipinski definition) is 1. The van der Waals surface area contributed by atoms with Crippen LogP contribution in [0.15, 0.2) is 79.6 Å². The van der Waals surface area contributed by atoms with Crippen molar-refractivity contribution in [2.45, 2.75) is 5.25 Å². The number of anilines is 1. The summed E-state index contributed by atoms with van der Waals surface area (Å²) in [5, 5.41) is -1.02. The van der Waals surface area contributed by atoms with E-state index in [1.807, 2.05) is 0 Å². The van der Waals surface area contributed by atoms with E-state index in [0.29, 0.717) is 11.3 Å². The molecule has 2 aromatic carbocycles. The summed E-state index contributed by atoms with van der Waals surface area (Å²) in [7, 11) is -2.41. The molecule has 0 aliphatic rings. The van der Waals surface area contributed by atoms with Crippen LogP contribution in [-0.4, -0.2) is 20.5 Å². The minimum Gasteiger partial charge on any atom is -0.497 e. The summed E-state index contributed by atoms with van der Waals surface area (Å²) in [4.78, 5) is 3.94. The third-order valence-electron chi connectivity index (χ3n) is 4.45. The van der Waals surface area contributed by atoms with Crippen LogP contribution in [0.2, 0.25) is 0 Å². The first kappa shape index (κ1) is 21.3. The van der Waals surface area contributed by atoms with Gasteiger partial charge >= 0.3 is 0 Å². The molecule has 5 nitrogen and oxygen atoms in total. The maximum absolute atomic E-state index is 14.5. The van der Waals surface area contributed by atoms with E-state index >= 15 is 0 Å². The second kappa shape index (κ2) is 9.37. The lowest BCUT2D eigenvalue weighted by Gasteiger charge is -2.18. The molecule has 7 heteroatoms. The summed E-state index contributed by atoms with van der Waals surface area (Å²) < 4.78 is 48.2. The maximum atomic E-state index is 14.5. The Morgan fingerprint density at radius 1 is 1.07 bits per heavy atom. The van der Waals surface area contributed by atoms with Crippen LogP contribution >= 0.6 is 0 Å². The fourth-order valence-electron chi connectivity index (χ4n) is 2.90. The molecule has 0 amide bonds. The number of ether oxygens (including phenoxy) is 1. The molecule has 0 saturated carbocycles. The van der Waals surface area contributed by atoms with E-state index in [2.05, 4.69) is 16.3 Å². The number of methoxy groups -OCH3 is 1. The van der Waals surface area contributed by atoms with Gasteiger partial charge in [-0.1, -0.05) is 30.4 Å². The van der Waals surface area contributed by atoms with Gasteiger partial charge < -0.3 is 4.74 Å². The van der Waals surface area contributed by atoms with Crippen LogP contribution < -0.4 is 9.46 Å². The average molecular weight is 424 g/mol. The number of benzene rings is 2. The van der Waals surface area contributed by atoms with Crippen molar-refractivity contribution in [1.82, 2.24) is 4.98 Å². The van der Waals surface area contributed by atoms with Crippen LogP contribution in [-0.2, 0) is 10.0 Å². The van der Waals surface area contributed by atoms with Gasteiger partial charge in [-0.15, -0.1) is 6.58 Å². The van der Waals surface area contributed by atoms with Crippen LogP contribution in [0, 0.1) is 5.82 Å². The Bertz CT molecular complexity index is 1140. The molecule has 0 spiro atoms. The van der Waals surface area contributed by atoms with E-state index in [-0.39, 0.29) is 11.3 Å². The molecule has 1 aromatic heterocycles. The first-order valence-electron chi connectivity index (χ1n) is 9.09. The zero-order valence-electron chi connectivity index (χ0n) is 16.3. The lowest BCUT2D eigenvalue weighted by molar-refractivity contribution is 0.414. The first-order chi connectivity index (χ1) is 14.4. The molecule has 3 aromatic rings. The van der Waals surface area contributed by atoms with Crippen molar-refractivity contribution in [1.29, 1.82) is 0 Å². The molecule has 0 aliphatic carbocycles. The van der Waals surface area contributed by atoms with Crippen molar-refractivity contribution in [3.05, 3.63) is 102 Å².